The normalized spacial score (nSPS) is 11.5. The minimum absolute atomic E-state index is 0.0456. The van der Waals surface area contributed by atoms with Crippen LogP contribution in [-0.4, -0.2) is 25.0 Å². The number of benzene rings is 1. The molecule has 5 heteroatoms. The molecule has 1 amide bonds. The van der Waals surface area contributed by atoms with Crippen LogP contribution in [0.3, 0.4) is 0 Å². The van der Waals surface area contributed by atoms with Crippen molar-refractivity contribution in [3.8, 4) is 0 Å². The zero-order chi connectivity index (χ0) is 16.4. The summed E-state index contributed by atoms with van der Waals surface area (Å²) in [4.78, 5) is 16.2. The Bertz CT molecular complexity index is 497. The van der Waals surface area contributed by atoms with Crippen LogP contribution < -0.4 is 16.4 Å². The number of hydrogen-bond acceptors (Lipinski definition) is 2. The largest absolute Gasteiger partial charge is 0.370 e. The van der Waals surface area contributed by atoms with Gasteiger partial charge in [0.2, 0.25) is 0 Å². The van der Waals surface area contributed by atoms with E-state index in [1.807, 2.05) is 31.2 Å². The van der Waals surface area contributed by atoms with Gasteiger partial charge in [0.15, 0.2) is 5.96 Å². The van der Waals surface area contributed by atoms with Crippen molar-refractivity contribution in [2.24, 2.45) is 16.6 Å². The molecule has 0 aromatic heterocycles. The van der Waals surface area contributed by atoms with Crippen molar-refractivity contribution in [2.45, 2.75) is 40.2 Å². The topological polar surface area (TPSA) is 79.5 Å². The molecule has 1 rings (SSSR count). The van der Waals surface area contributed by atoms with E-state index in [9.17, 15) is 4.79 Å². The van der Waals surface area contributed by atoms with Gasteiger partial charge < -0.3 is 16.4 Å². The molecule has 122 valence electrons. The fraction of sp³-hybridized carbons (Fsp3) is 0.529. The minimum Gasteiger partial charge on any atom is -0.370 e. The fourth-order valence-corrected chi connectivity index (χ4v) is 1.87. The van der Waals surface area contributed by atoms with Gasteiger partial charge >= 0.3 is 0 Å². The molecule has 0 unspecified atom stereocenters. The van der Waals surface area contributed by atoms with Crippen LogP contribution in [0.5, 0.6) is 0 Å². The summed E-state index contributed by atoms with van der Waals surface area (Å²) in [6.45, 7) is 8.35. The number of nitrogens with zero attached hydrogens (tertiary/aromatic N) is 1. The van der Waals surface area contributed by atoms with E-state index in [1.54, 1.807) is 0 Å². The predicted molar refractivity (Wildman–Crippen MR) is 91.9 cm³/mol. The van der Waals surface area contributed by atoms with E-state index >= 15 is 0 Å². The maximum Gasteiger partial charge on any atom is 0.251 e. The van der Waals surface area contributed by atoms with Crippen LogP contribution in [0.2, 0.25) is 0 Å². The molecule has 0 saturated carbocycles. The van der Waals surface area contributed by atoms with Gasteiger partial charge in [-0.05, 0) is 36.5 Å². The number of carbonyl (C=O) groups is 1. The van der Waals surface area contributed by atoms with Gasteiger partial charge in [-0.1, -0.05) is 32.9 Å². The summed E-state index contributed by atoms with van der Waals surface area (Å²) in [5.41, 5.74) is 7.46. The van der Waals surface area contributed by atoms with E-state index in [-0.39, 0.29) is 5.91 Å². The molecule has 0 aliphatic carbocycles. The summed E-state index contributed by atoms with van der Waals surface area (Å²) in [6, 6.07) is 7.48. The lowest BCUT2D eigenvalue weighted by molar-refractivity contribution is 0.0953. The first-order valence-corrected chi connectivity index (χ1v) is 7.93. The molecule has 0 aliphatic rings. The third-order valence-corrected chi connectivity index (χ3v) is 3.18. The Kier molecular flexibility index (Phi) is 8.04. The lowest BCUT2D eigenvalue weighted by Crippen LogP contribution is -2.32. The standard InChI is InChI=1S/C17H28N4O/c1-4-9-19-16(22)15-7-5-6-14(11-15)12-21-17(18)20-10-8-13(2)3/h5-7,11,13H,4,8-10,12H2,1-3H3,(H,19,22)(H3,18,20,21). The summed E-state index contributed by atoms with van der Waals surface area (Å²) in [5, 5.41) is 5.97. The van der Waals surface area contributed by atoms with Gasteiger partial charge in [0.25, 0.3) is 5.91 Å². The third-order valence-electron chi connectivity index (χ3n) is 3.18. The van der Waals surface area contributed by atoms with Crippen LogP contribution in [0.15, 0.2) is 29.3 Å². The summed E-state index contributed by atoms with van der Waals surface area (Å²) in [7, 11) is 0. The Hall–Kier alpha value is -2.04. The molecule has 1 aromatic carbocycles. The molecule has 0 saturated heterocycles. The van der Waals surface area contributed by atoms with Gasteiger partial charge in [-0.15, -0.1) is 0 Å². The fourth-order valence-electron chi connectivity index (χ4n) is 1.87. The van der Waals surface area contributed by atoms with Gasteiger partial charge in [0.1, 0.15) is 0 Å². The second-order valence-electron chi connectivity index (χ2n) is 5.77. The highest BCUT2D eigenvalue weighted by molar-refractivity contribution is 5.94. The van der Waals surface area contributed by atoms with Gasteiger partial charge in [-0.25, -0.2) is 4.99 Å². The van der Waals surface area contributed by atoms with Crippen LogP contribution >= 0.6 is 0 Å². The van der Waals surface area contributed by atoms with Crippen LogP contribution in [0.4, 0.5) is 0 Å². The molecule has 4 N–H and O–H groups in total. The van der Waals surface area contributed by atoms with Crippen molar-refractivity contribution in [1.29, 1.82) is 0 Å². The molecule has 0 radical (unpaired) electrons. The van der Waals surface area contributed by atoms with Crippen molar-refractivity contribution < 1.29 is 4.79 Å². The first-order valence-electron chi connectivity index (χ1n) is 7.93. The number of carbonyl (C=O) groups excluding carboxylic acids is 1. The highest BCUT2D eigenvalue weighted by Crippen LogP contribution is 2.06. The van der Waals surface area contributed by atoms with E-state index in [0.29, 0.717) is 30.5 Å². The number of nitrogens with two attached hydrogens (primary N) is 1. The smallest absolute Gasteiger partial charge is 0.251 e. The molecule has 0 fully saturated rings. The maximum atomic E-state index is 11.9. The molecule has 0 spiro atoms. The molecule has 0 bridgehead atoms. The number of hydrogen-bond donors (Lipinski definition) is 3. The average molecular weight is 304 g/mol. The number of amides is 1. The lowest BCUT2D eigenvalue weighted by Gasteiger charge is -2.08. The van der Waals surface area contributed by atoms with E-state index in [4.69, 9.17) is 5.73 Å². The minimum atomic E-state index is -0.0456. The first kappa shape index (κ1) is 18.0. The molecule has 0 atom stereocenters. The average Bonchev–Trinajstić information content (AvgIpc) is 2.50. The molecule has 0 heterocycles. The van der Waals surface area contributed by atoms with Gasteiger partial charge in [-0.2, -0.15) is 0 Å². The summed E-state index contributed by atoms with van der Waals surface area (Å²) >= 11 is 0. The summed E-state index contributed by atoms with van der Waals surface area (Å²) in [6.07, 6.45) is 1.98. The van der Waals surface area contributed by atoms with Crippen LogP contribution in [0.25, 0.3) is 0 Å². The third kappa shape index (κ3) is 7.11. The quantitative estimate of drug-likeness (QED) is 0.509. The van der Waals surface area contributed by atoms with E-state index < -0.39 is 0 Å². The van der Waals surface area contributed by atoms with Gasteiger partial charge in [-0.3, -0.25) is 4.79 Å². The highest BCUT2D eigenvalue weighted by atomic mass is 16.1. The Morgan fingerprint density at radius 1 is 1.27 bits per heavy atom. The van der Waals surface area contributed by atoms with Crippen molar-refractivity contribution in [2.75, 3.05) is 13.1 Å². The summed E-state index contributed by atoms with van der Waals surface area (Å²) < 4.78 is 0. The SMILES string of the molecule is CCCNC(=O)c1cccc(CN=C(N)NCCC(C)C)c1. The Morgan fingerprint density at radius 3 is 2.73 bits per heavy atom. The van der Waals surface area contributed by atoms with Crippen LogP contribution in [0.1, 0.15) is 49.5 Å². The number of rotatable bonds is 8. The lowest BCUT2D eigenvalue weighted by atomic mass is 10.1. The molecule has 0 aliphatic heterocycles. The van der Waals surface area contributed by atoms with E-state index in [2.05, 4.69) is 29.5 Å². The predicted octanol–water partition coefficient (Wildman–Crippen LogP) is 2.28. The second-order valence-corrected chi connectivity index (χ2v) is 5.77. The Balaban J connectivity index is 2.53. The van der Waals surface area contributed by atoms with Crippen LogP contribution in [-0.2, 0) is 6.54 Å². The van der Waals surface area contributed by atoms with Gasteiger partial charge in [0, 0.05) is 18.7 Å². The van der Waals surface area contributed by atoms with E-state index in [1.165, 1.54) is 0 Å². The van der Waals surface area contributed by atoms with Crippen LogP contribution in [0, 0.1) is 5.92 Å². The molecular formula is C17H28N4O. The van der Waals surface area contributed by atoms with Crippen molar-refractivity contribution in [1.82, 2.24) is 10.6 Å². The molecule has 22 heavy (non-hydrogen) atoms. The van der Waals surface area contributed by atoms with E-state index in [0.717, 1.165) is 24.9 Å². The zero-order valence-corrected chi connectivity index (χ0v) is 13.9. The molecule has 5 nitrogen and oxygen atoms in total. The monoisotopic (exact) mass is 304 g/mol. The number of nitrogens with one attached hydrogen (secondary N) is 2. The Morgan fingerprint density at radius 2 is 2.05 bits per heavy atom. The number of aliphatic imine (C=N–C) groups is 1. The molecular weight excluding hydrogens is 276 g/mol. The summed E-state index contributed by atoms with van der Waals surface area (Å²) in [5.74, 6) is 1.04. The van der Waals surface area contributed by atoms with Crippen molar-refractivity contribution >= 4 is 11.9 Å². The second kappa shape index (κ2) is 9.82. The Labute approximate surface area is 133 Å². The number of guanidine groups is 1. The highest BCUT2D eigenvalue weighted by Gasteiger charge is 2.05. The van der Waals surface area contributed by atoms with Gasteiger partial charge in [0.05, 0.1) is 6.54 Å². The van der Waals surface area contributed by atoms with Crippen molar-refractivity contribution in [3.05, 3.63) is 35.4 Å². The molecule has 1 aromatic rings. The first-order chi connectivity index (χ1) is 10.5. The zero-order valence-electron chi connectivity index (χ0n) is 13.9. The maximum absolute atomic E-state index is 11.9. The van der Waals surface area contributed by atoms with Crippen molar-refractivity contribution in [3.63, 3.8) is 0 Å².